The lowest BCUT2D eigenvalue weighted by Crippen LogP contribution is -2.12. The molecule has 4 nitrogen and oxygen atoms in total. The Bertz CT molecular complexity index is 383. The molecule has 0 radical (unpaired) electrons. The molecule has 1 rings (SSSR count). The maximum absolute atomic E-state index is 8.85. The molecule has 0 spiro atoms. The molecule has 0 saturated carbocycles. The molecule has 0 N–H and O–H groups in total. The highest BCUT2D eigenvalue weighted by molar-refractivity contribution is 5.38. The van der Waals surface area contributed by atoms with E-state index in [1.54, 1.807) is 12.1 Å². The molecular weight excluding hydrogens is 204 g/mol. The van der Waals surface area contributed by atoms with E-state index in [9.17, 15) is 0 Å². The summed E-state index contributed by atoms with van der Waals surface area (Å²) in [6.45, 7) is 6.69. The van der Waals surface area contributed by atoms with Gasteiger partial charge in [0, 0.05) is 5.69 Å². The Morgan fingerprint density at radius 2 is 2.12 bits per heavy atom. The second kappa shape index (κ2) is 6.09. The van der Waals surface area contributed by atoms with Crippen LogP contribution in [-0.4, -0.2) is 24.3 Å². The molecule has 0 unspecified atom stereocenters. The van der Waals surface area contributed by atoms with Crippen molar-refractivity contribution in [3.63, 3.8) is 0 Å². The van der Waals surface area contributed by atoms with Crippen molar-refractivity contribution in [1.82, 2.24) is 4.98 Å². The topological polar surface area (TPSA) is 55.1 Å². The van der Waals surface area contributed by atoms with Gasteiger partial charge in [-0.2, -0.15) is 5.26 Å². The molecule has 0 amide bonds. The fourth-order valence-electron chi connectivity index (χ4n) is 1.15. The van der Waals surface area contributed by atoms with Crippen molar-refractivity contribution < 1.29 is 9.47 Å². The van der Waals surface area contributed by atoms with E-state index in [0.717, 1.165) is 5.69 Å². The summed E-state index contributed by atoms with van der Waals surface area (Å²) in [5.41, 5.74) is 1.29. The molecule has 0 aromatic carbocycles. The smallest absolute Gasteiger partial charge is 0.231 e. The lowest BCUT2D eigenvalue weighted by molar-refractivity contribution is 0.0541. The average Bonchev–Trinajstić information content (AvgIpc) is 2.24. The van der Waals surface area contributed by atoms with E-state index < -0.39 is 0 Å². The quantitative estimate of drug-likeness (QED) is 0.713. The van der Waals surface area contributed by atoms with E-state index in [-0.39, 0.29) is 6.10 Å². The molecule has 86 valence electrons. The third-order valence-electron chi connectivity index (χ3n) is 1.89. The lowest BCUT2D eigenvalue weighted by Gasteiger charge is -2.09. The van der Waals surface area contributed by atoms with Gasteiger partial charge in [0.05, 0.1) is 12.7 Å². The summed E-state index contributed by atoms with van der Waals surface area (Å²) in [6, 6.07) is 5.54. The molecule has 4 heteroatoms. The predicted octanol–water partition coefficient (Wildman–Crippen LogP) is 2.07. The minimum Gasteiger partial charge on any atom is -0.474 e. The molecule has 0 atom stereocenters. The van der Waals surface area contributed by atoms with Gasteiger partial charge in [0.1, 0.15) is 18.2 Å². The number of hydrogen-bond acceptors (Lipinski definition) is 4. The SMILES string of the molecule is Cc1ccc(C#N)c(OCCOC(C)C)n1. The van der Waals surface area contributed by atoms with Crippen molar-refractivity contribution in [3.05, 3.63) is 23.4 Å². The summed E-state index contributed by atoms with van der Waals surface area (Å²) in [4.78, 5) is 4.16. The van der Waals surface area contributed by atoms with Gasteiger partial charge in [0.2, 0.25) is 5.88 Å². The van der Waals surface area contributed by atoms with Crippen molar-refractivity contribution in [3.8, 4) is 11.9 Å². The lowest BCUT2D eigenvalue weighted by atomic mass is 10.2. The van der Waals surface area contributed by atoms with Crippen LogP contribution in [0.25, 0.3) is 0 Å². The summed E-state index contributed by atoms with van der Waals surface area (Å²) in [6.07, 6.45) is 0.185. The Hall–Kier alpha value is -1.60. The summed E-state index contributed by atoms with van der Waals surface area (Å²) in [5.74, 6) is 0.384. The molecular formula is C12H16N2O2. The van der Waals surface area contributed by atoms with Gasteiger partial charge in [0.25, 0.3) is 0 Å². The number of ether oxygens (including phenoxy) is 2. The van der Waals surface area contributed by atoms with Gasteiger partial charge in [-0.15, -0.1) is 0 Å². The van der Waals surface area contributed by atoms with E-state index >= 15 is 0 Å². The largest absolute Gasteiger partial charge is 0.474 e. The van der Waals surface area contributed by atoms with Crippen LogP contribution in [0.4, 0.5) is 0 Å². The maximum atomic E-state index is 8.85. The van der Waals surface area contributed by atoms with Gasteiger partial charge in [-0.05, 0) is 32.9 Å². The third-order valence-corrected chi connectivity index (χ3v) is 1.89. The van der Waals surface area contributed by atoms with E-state index in [1.165, 1.54) is 0 Å². The highest BCUT2D eigenvalue weighted by Gasteiger charge is 2.05. The summed E-state index contributed by atoms with van der Waals surface area (Å²) >= 11 is 0. The first-order valence-corrected chi connectivity index (χ1v) is 5.25. The Balaban J connectivity index is 2.53. The van der Waals surface area contributed by atoms with Gasteiger partial charge in [-0.3, -0.25) is 0 Å². The summed E-state index contributed by atoms with van der Waals surface area (Å²) < 4.78 is 10.7. The van der Waals surface area contributed by atoms with Gasteiger partial charge in [-0.1, -0.05) is 0 Å². The number of aryl methyl sites for hydroxylation is 1. The zero-order chi connectivity index (χ0) is 12.0. The van der Waals surface area contributed by atoms with Crippen molar-refractivity contribution in [2.24, 2.45) is 0 Å². The zero-order valence-electron chi connectivity index (χ0n) is 9.86. The van der Waals surface area contributed by atoms with Crippen molar-refractivity contribution in [1.29, 1.82) is 5.26 Å². The van der Waals surface area contributed by atoms with Gasteiger partial charge in [-0.25, -0.2) is 4.98 Å². The monoisotopic (exact) mass is 220 g/mol. The predicted molar refractivity (Wildman–Crippen MR) is 60.3 cm³/mol. The van der Waals surface area contributed by atoms with Crippen LogP contribution < -0.4 is 4.74 Å². The standard InChI is InChI=1S/C12H16N2O2/c1-9(2)15-6-7-16-12-11(8-13)5-4-10(3)14-12/h4-5,9H,6-7H2,1-3H3. The molecule has 1 heterocycles. The normalized spacial score (nSPS) is 10.2. The molecule has 0 aliphatic carbocycles. The summed E-state index contributed by atoms with van der Waals surface area (Å²) in [5, 5.41) is 8.85. The van der Waals surface area contributed by atoms with Crippen LogP contribution in [0, 0.1) is 18.3 Å². The maximum Gasteiger partial charge on any atom is 0.231 e. The minimum absolute atomic E-state index is 0.185. The first-order valence-electron chi connectivity index (χ1n) is 5.25. The van der Waals surface area contributed by atoms with Gasteiger partial charge >= 0.3 is 0 Å². The Labute approximate surface area is 95.8 Å². The second-order valence-corrected chi connectivity index (χ2v) is 3.69. The van der Waals surface area contributed by atoms with Crippen LogP contribution in [-0.2, 0) is 4.74 Å². The van der Waals surface area contributed by atoms with Gasteiger partial charge < -0.3 is 9.47 Å². The first kappa shape index (κ1) is 12.5. The molecule has 0 fully saturated rings. The fraction of sp³-hybridized carbons (Fsp3) is 0.500. The van der Waals surface area contributed by atoms with Crippen LogP contribution in [0.15, 0.2) is 12.1 Å². The Morgan fingerprint density at radius 3 is 2.75 bits per heavy atom. The van der Waals surface area contributed by atoms with Gasteiger partial charge in [0.15, 0.2) is 0 Å². The number of hydrogen-bond donors (Lipinski definition) is 0. The number of nitriles is 1. The third kappa shape index (κ3) is 3.87. The number of nitrogens with zero attached hydrogens (tertiary/aromatic N) is 2. The minimum atomic E-state index is 0.185. The molecule has 1 aromatic heterocycles. The number of rotatable bonds is 5. The van der Waals surface area contributed by atoms with E-state index in [2.05, 4.69) is 4.98 Å². The van der Waals surface area contributed by atoms with E-state index in [0.29, 0.717) is 24.7 Å². The van der Waals surface area contributed by atoms with E-state index in [4.69, 9.17) is 14.7 Å². The van der Waals surface area contributed by atoms with Crippen molar-refractivity contribution >= 4 is 0 Å². The van der Waals surface area contributed by atoms with Crippen LogP contribution in [0.2, 0.25) is 0 Å². The highest BCUT2D eigenvalue weighted by Crippen LogP contribution is 2.14. The Kier molecular flexibility index (Phi) is 4.74. The van der Waals surface area contributed by atoms with Crippen molar-refractivity contribution in [2.45, 2.75) is 26.9 Å². The molecule has 0 aliphatic rings. The molecule has 16 heavy (non-hydrogen) atoms. The second-order valence-electron chi connectivity index (χ2n) is 3.69. The van der Waals surface area contributed by atoms with E-state index in [1.807, 2.05) is 26.8 Å². The average molecular weight is 220 g/mol. The molecule has 0 aliphatic heterocycles. The molecule has 0 saturated heterocycles. The van der Waals surface area contributed by atoms with Crippen LogP contribution >= 0.6 is 0 Å². The molecule has 0 bridgehead atoms. The zero-order valence-corrected chi connectivity index (χ0v) is 9.86. The highest BCUT2D eigenvalue weighted by atomic mass is 16.5. The van der Waals surface area contributed by atoms with Crippen LogP contribution in [0.1, 0.15) is 25.1 Å². The summed E-state index contributed by atoms with van der Waals surface area (Å²) in [7, 11) is 0. The number of pyridine rings is 1. The molecule has 1 aromatic rings. The Morgan fingerprint density at radius 1 is 1.38 bits per heavy atom. The first-order chi connectivity index (χ1) is 7.63. The fourth-order valence-corrected chi connectivity index (χ4v) is 1.15. The van der Waals surface area contributed by atoms with Crippen LogP contribution in [0.3, 0.4) is 0 Å². The van der Waals surface area contributed by atoms with Crippen molar-refractivity contribution in [2.75, 3.05) is 13.2 Å². The van der Waals surface area contributed by atoms with Crippen LogP contribution in [0.5, 0.6) is 5.88 Å². The number of aromatic nitrogens is 1.